The average molecular weight is 259 g/mol. The lowest BCUT2D eigenvalue weighted by Crippen LogP contribution is -2.24. The van der Waals surface area contributed by atoms with Crippen LogP contribution in [0.5, 0.6) is 5.75 Å². The monoisotopic (exact) mass is 259 g/mol. The summed E-state index contributed by atoms with van der Waals surface area (Å²) in [6.07, 6.45) is 0.784. The van der Waals surface area contributed by atoms with Crippen molar-refractivity contribution in [2.24, 2.45) is 0 Å². The van der Waals surface area contributed by atoms with E-state index in [0.717, 1.165) is 37.7 Å². The molecule has 0 fully saturated rings. The van der Waals surface area contributed by atoms with Gasteiger partial charge in [-0.1, -0.05) is 23.4 Å². The summed E-state index contributed by atoms with van der Waals surface area (Å²) < 4.78 is 10.6. The highest BCUT2D eigenvalue weighted by Crippen LogP contribution is 2.32. The maximum absolute atomic E-state index is 5.65. The van der Waals surface area contributed by atoms with E-state index in [9.17, 15) is 0 Å². The molecule has 0 saturated carbocycles. The highest BCUT2D eigenvalue weighted by Gasteiger charge is 2.22. The quantitative estimate of drug-likeness (QED) is 0.828. The minimum absolute atomic E-state index is 0.434. The Hall–Kier alpha value is -1.88. The van der Waals surface area contributed by atoms with Crippen LogP contribution >= 0.6 is 0 Å². The van der Waals surface area contributed by atoms with Gasteiger partial charge in [0.25, 0.3) is 0 Å². The molecule has 1 aromatic carbocycles. The lowest BCUT2D eigenvalue weighted by molar-refractivity contribution is 0.326. The van der Waals surface area contributed by atoms with E-state index in [4.69, 9.17) is 9.26 Å². The smallest absolute Gasteiger partial charge is 0.223 e. The van der Waals surface area contributed by atoms with Crippen LogP contribution in [0, 0.1) is 6.92 Å². The molecule has 1 atom stereocenters. The van der Waals surface area contributed by atoms with Crippen LogP contribution in [-0.4, -0.2) is 29.8 Å². The van der Waals surface area contributed by atoms with Crippen molar-refractivity contribution >= 4 is 0 Å². The first-order valence-electron chi connectivity index (χ1n) is 6.54. The van der Waals surface area contributed by atoms with E-state index in [-0.39, 0.29) is 0 Å². The Labute approximate surface area is 112 Å². The molecule has 0 spiro atoms. The zero-order valence-electron chi connectivity index (χ0n) is 10.9. The number of nitrogens with one attached hydrogen (secondary N) is 1. The molecule has 1 aromatic heterocycles. The van der Waals surface area contributed by atoms with Gasteiger partial charge in [0.2, 0.25) is 5.89 Å². The van der Waals surface area contributed by atoms with E-state index >= 15 is 0 Å². The summed E-state index contributed by atoms with van der Waals surface area (Å²) in [5, 5.41) is 7.29. The number of fused-ring (bicyclic) bond motifs is 1. The highest BCUT2D eigenvalue weighted by atomic mass is 16.5. The fraction of sp³-hybridized carbons (Fsp3) is 0.429. The van der Waals surface area contributed by atoms with E-state index in [0.29, 0.717) is 11.8 Å². The molecule has 5 heteroatoms. The molecule has 0 amide bonds. The van der Waals surface area contributed by atoms with Gasteiger partial charge in [-0.15, -0.1) is 0 Å². The summed E-state index contributed by atoms with van der Waals surface area (Å²) in [6, 6.07) is 8.23. The van der Waals surface area contributed by atoms with Gasteiger partial charge < -0.3 is 14.6 Å². The minimum Gasteiger partial charge on any atom is -0.493 e. The van der Waals surface area contributed by atoms with Gasteiger partial charge in [0, 0.05) is 37.9 Å². The predicted molar refractivity (Wildman–Crippen MR) is 70.3 cm³/mol. The molecule has 100 valence electrons. The summed E-state index contributed by atoms with van der Waals surface area (Å²) >= 11 is 0. The molecule has 1 aliphatic heterocycles. The van der Waals surface area contributed by atoms with Crippen molar-refractivity contribution in [3.8, 4) is 5.75 Å². The van der Waals surface area contributed by atoms with Gasteiger partial charge >= 0.3 is 0 Å². The Morgan fingerprint density at radius 3 is 3.11 bits per heavy atom. The van der Waals surface area contributed by atoms with Gasteiger partial charge in [0.05, 0.1) is 6.61 Å². The fourth-order valence-corrected chi connectivity index (χ4v) is 2.32. The van der Waals surface area contributed by atoms with E-state index in [1.807, 2.05) is 12.1 Å². The van der Waals surface area contributed by atoms with Crippen LogP contribution in [0.2, 0.25) is 0 Å². The Kier molecular flexibility index (Phi) is 3.46. The van der Waals surface area contributed by atoms with Gasteiger partial charge in [0.15, 0.2) is 5.82 Å². The molecule has 0 bridgehead atoms. The number of nitrogens with zero attached hydrogens (tertiary/aromatic N) is 2. The first-order valence-corrected chi connectivity index (χ1v) is 6.54. The van der Waals surface area contributed by atoms with Crippen LogP contribution in [0.3, 0.4) is 0 Å². The molecule has 1 aliphatic rings. The normalized spacial score (nSPS) is 17.2. The molecule has 19 heavy (non-hydrogen) atoms. The predicted octanol–water partition coefficient (Wildman–Crippen LogP) is 1.69. The van der Waals surface area contributed by atoms with Crippen molar-refractivity contribution < 1.29 is 9.26 Å². The summed E-state index contributed by atoms with van der Waals surface area (Å²) in [4.78, 5) is 4.17. The van der Waals surface area contributed by atoms with Crippen molar-refractivity contribution in [2.45, 2.75) is 19.3 Å². The SMILES string of the molecule is Cc1nc(CCNCC2COc3ccccc32)no1. The van der Waals surface area contributed by atoms with E-state index < -0.39 is 0 Å². The number of para-hydroxylation sites is 1. The van der Waals surface area contributed by atoms with Crippen LogP contribution in [0.25, 0.3) is 0 Å². The van der Waals surface area contributed by atoms with Crippen LogP contribution in [0.4, 0.5) is 0 Å². The third-order valence-corrected chi connectivity index (χ3v) is 3.28. The van der Waals surface area contributed by atoms with Crippen molar-refractivity contribution in [3.63, 3.8) is 0 Å². The van der Waals surface area contributed by atoms with Gasteiger partial charge in [-0.2, -0.15) is 4.98 Å². The van der Waals surface area contributed by atoms with Crippen molar-refractivity contribution in [1.29, 1.82) is 0 Å². The molecule has 1 N–H and O–H groups in total. The highest BCUT2D eigenvalue weighted by molar-refractivity contribution is 5.39. The zero-order valence-corrected chi connectivity index (χ0v) is 10.9. The van der Waals surface area contributed by atoms with Crippen molar-refractivity contribution in [1.82, 2.24) is 15.5 Å². The number of ether oxygens (including phenoxy) is 1. The Morgan fingerprint density at radius 2 is 2.26 bits per heavy atom. The molecule has 5 nitrogen and oxygen atoms in total. The first kappa shape index (κ1) is 12.2. The fourth-order valence-electron chi connectivity index (χ4n) is 2.32. The maximum atomic E-state index is 5.65. The summed E-state index contributed by atoms with van der Waals surface area (Å²) in [7, 11) is 0. The lowest BCUT2D eigenvalue weighted by atomic mass is 10.0. The second-order valence-electron chi connectivity index (χ2n) is 4.73. The Balaban J connectivity index is 1.46. The number of hydrogen-bond acceptors (Lipinski definition) is 5. The second kappa shape index (κ2) is 5.40. The molecule has 3 rings (SSSR count). The van der Waals surface area contributed by atoms with Crippen LogP contribution in [-0.2, 0) is 6.42 Å². The summed E-state index contributed by atoms with van der Waals surface area (Å²) in [6.45, 7) is 4.32. The number of aryl methyl sites for hydroxylation is 1. The molecule has 0 radical (unpaired) electrons. The number of rotatable bonds is 5. The number of hydrogen-bond donors (Lipinski definition) is 1. The first-order chi connectivity index (χ1) is 9.33. The van der Waals surface area contributed by atoms with Crippen LogP contribution < -0.4 is 10.1 Å². The molecule has 0 saturated heterocycles. The van der Waals surface area contributed by atoms with E-state index in [2.05, 4.69) is 27.6 Å². The van der Waals surface area contributed by atoms with Crippen molar-refractivity contribution in [3.05, 3.63) is 41.5 Å². The van der Waals surface area contributed by atoms with E-state index in [1.165, 1.54) is 5.56 Å². The average Bonchev–Trinajstić information content (AvgIpc) is 3.02. The number of benzene rings is 1. The largest absolute Gasteiger partial charge is 0.493 e. The molecule has 2 heterocycles. The molecule has 2 aromatic rings. The Bertz CT molecular complexity index is 553. The third-order valence-electron chi connectivity index (χ3n) is 3.28. The van der Waals surface area contributed by atoms with Gasteiger partial charge in [-0.3, -0.25) is 0 Å². The second-order valence-corrected chi connectivity index (χ2v) is 4.73. The number of aromatic nitrogens is 2. The molecule has 0 aliphatic carbocycles. The summed E-state index contributed by atoms with van der Waals surface area (Å²) in [5.74, 6) is 2.83. The lowest BCUT2D eigenvalue weighted by Gasteiger charge is -2.09. The van der Waals surface area contributed by atoms with Gasteiger partial charge in [-0.25, -0.2) is 0 Å². The van der Waals surface area contributed by atoms with E-state index in [1.54, 1.807) is 6.92 Å². The molecule has 1 unspecified atom stereocenters. The Morgan fingerprint density at radius 1 is 1.37 bits per heavy atom. The standard InChI is InChI=1S/C14H17N3O2/c1-10-16-14(17-19-10)6-7-15-8-11-9-18-13-5-3-2-4-12(11)13/h2-5,11,15H,6-9H2,1H3. The van der Waals surface area contributed by atoms with Gasteiger partial charge in [0.1, 0.15) is 5.75 Å². The van der Waals surface area contributed by atoms with Crippen LogP contribution in [0.1, 0.15) is 23.2 Å². The maximum Gasteiger partial charge on any atom is 0.223 e. The van der Waals surface area contributed by atoms with Crippen LogP contribution in [0.15, 0.2) is 28.8 Å². The molecular formula is C14H17N3O2. The van der Waals surface area contributed by atoms with Crippen molar-refractivity contribution in [2.75, 3.05) is 19.7 Å². The van der Waals surface area contributed by atoms with Gasteiger partial charge in [-0.05, 0) is 6.07 Å². The minimum atomic E-state index is 0.434. The zero-order chi connectivity index (χ0) is 13.1. The third kappa shape index (κ3) is 2.76. The summed E-state index contributed by atoms with van der Waals surface area (Å²) in [5.41, 5.74) is 1.30. The topological polar surface area (TPSA) is 60.2 Å². The molecular weight excluding hydrogens is 242 g/mol.